The lowest BCUT2D eigenvalue weighted by Crippen LogP contribution is -2.28. The number of hydrogen-bond acceptors (Lipinski definition) is 9. The zero-order chi connectivity index (χ0) is 48.5. The highest BCUT2D eigenvalue weighted by Crippen LogP contribution is 2.56. The second-order valence-corrected chi connectivity index (χ2v) is 16.7. The van der Waals surface area contributed by atoms with Crippen molar-refractivity contribution >= 4 is 34.1 Å². The largest absolute Gasteiger partial charge is 0.457 e. The van der Waals surface area contributed by atoms with E-state index in [4.69, 9.17) is 48.6 Å². The average Bonchev–Trinajstić information content (AvgIpc) is 3.69. The van der Waals surface area contributed by atoms with E-state index in [-0.39, 0.29) is 5.41 Å². The van der Waals surface area contributed by atoms with Gasteiger partial charge in [-0.1, -0.05) is 97.1 Å². The molecule has 10 aromatic carbocycles. The van der Waals surface area contributed by atoms with Crippen molar-refractivity contribution < 1.29 is 14.2 Å². The molecule has 344 valence electrons. The highest BCUT2D eigenvalue weighted by Gasteiger charge is 2.45. The smallest absolute Gasteiger partial charge is 0.127 e. The number of fused-ring (bicyclic) bond motifs is 3. The van der Waals surface area contributed by atoms with Crippen molar-refractivity contribution in [3.8, 4) is 56.8 Å². The Hall–Kier alpha value is -9.60. The van der Waals surface area contributed by atoms with Gasteiger partial charge in [0.25, 0.3) is 0 Å². The quantitative estimate of drug-likeness (QED) is 0.0767. The van der Waals surface area contributed by atoms with Gasteiger partial charge in [-0.3, -0.25) is 0 Å². The van der Waals surface area contributed by atoms with Crippen LogP contribution in [0.1, 0.15) is 22.3 Å². The molecule has 0 spiro atoms. The molecule has 0 aliphatic heterocycles. The fraction of sp³-hybridized carbons (Fsp3) is 0.0164. The van der Waals surface area contributed by atoms with E-state index in [9.17, 15) is 0 Å². The standard InChI is InChI=1S/C25H20N2.C24H20N2O2.C12H12N2O/c26-19-13-9-17(10-14-19)25(18-11-15-20(27)16-12-18)23-7-3-1-5-21(23)22-6-2-4-8-24(22)25;25-19-5-13-23(14-6-19)27-21-9-1-17(2-10-21)18-3-11-22(12-4-18)28-24-15-7-20(26)8-16-24;13-9-1-5-11(6-2-9)15-12-7-3-10(14)4-8-12/h1-16H,26-27H2;1-16H,25-26H2;1-8H,13-14H2. The summed E-state index contributed by atoms with van der Waals surface area (Å²) in [5.41, 5.74) is 48.3. The molecule has 10 aromatic rings. The summed E-state index contributed by atoms with van der Waals surface area (Å²) < 4.78 is 17.2. The van der Waals surface area contributed by atoms with Crippen LogP contribution >= 0.6 is 0 Å². The average molecular weight is 917 g/mol. The van der Waals surface area contributed by atoms with Crippen molar-refractivity contribution in [3.63, 3.8) is 0 Å². The minimum Gasteiger partial charge on any atom is -0.457 e. The van der Waals surface area contributed by atoms with Gasteiger partial charge < -0.3 is 48.6 Å². The maximum Gasteiger partial charge on any atom is 0.127 e. The van der Waals surface area contributed by atoms with E-state index in [1.165, 1.54) is 33.4 Å². The first-order valence-electron chi connectivity index (χ1n) is 22.7. The van der Waals surface area contributed by atoms with Gasteiger partial charge in [-0.2, -0.15) is 0 Å². The topological polar surface area (TPSA) is 184 Å². The molecule has 9 heteroatoms. The Balaban J connectivity index is 0.000000136. The fourth-order valence-electron chi connectivity index (χ4n) is 8.47. The summed E-state index contributed by atoms with van der Waals surface area (Å²) in [7, 11) is 0. The molecule has 0 bridgehead atoms. The summed E-state index contributed by atoms with van der Waals surface area (Å²) in [5, 5.41) is 0. The lowest BCUT2D eigenvalue weighted by atomic mass is 9.67. The van der Waals surface area contributed by atoms with Gasteiger partial charge in [0.2, 0.25) is 0 Å². The first-order chi connectivity index (χ1) is 34.1. The number of hydrogen-bond donors (Lipinski definition) is 6. The molecule has 0 fully saturated rings. The van der Waals surface area contributed by atoms with Crippen molar-refractivity contribution in [2.45, 2.75) is 5.41 Å². The molecular weight excluding hydrogens is 865 g/mol. The first-order valence-corrected chi connectivity index (χ1v) is 22.7. The monoisotopic (exact) mass is 916 g/mol. The Morgan fingerprint density at radius 3 is 0.700 bits per heavy atom. The van der Waals surface area contributed by atoms with Gasteiger partial charge in [0.05, 0.1) is 5.41 Å². The van der Waals surface area contributed by atoms with Crippen LogP contribution in [0.5, 0.6) is 34.5 Å². The molecule has 11 rings (SSSR count). The van der Waals surface area contributed by atoms with E-state index in [0.717, 1.165) is 68.4 Å². The zero-order valence-corrected chi connectivity index (χ0v) is 38.3. The SMILES string of the molecule is Nc1ccc(C2(c3ccc(N)cc3)c3ccccc3-c3ccccc32)cc1.Nc1ccc(Oc2ccc(-c3ccc(Oc4ccc(N)cc4)cc3)cc2)cc1.Nc1ccc(Oc2ccc(N)cc2)cc1. The number of anilines is 6. The van der Waals surface area contributed by atoms with Crippen LogP contribution in [-0.4, -0.2) is 0 Å². The number of nitrogens with two attached hydrogens (primary N) is 6. The van der Waals surface area contributed by atoms with Gasteiger partial charge in [-0.05, 0) is 190 Å². The lowest BCUT2D eigenvalue weighted by Gasteiger charge is -2.34. The van der Waals surface area contributed by atoms with E-state index >= 15 is 0 Å². The maximum absolute atomic E-state index is 6.00. The van der Waals surface area contributed by atoms with Crippen LogP contribution in [0.3, 0.4) is 0 Å². The highest BCUT2D eigenvalue weighted by atomic mass is 16.5. The summed E-state index contributed by atoms with van der Waals surface area (Å²) in [6.45, 7) is 0. The van der Waals surface area contributed by atoms with Crippen molar-refractivity contribution in [2.24, 2.45) is 0 Å². The summed E-state index contributed by atoms with van der Waals surface area (Å²) in [6, 6.07) is 78.9. The Kier molecular flexibility index (Phi) is 13.3. The zero-order valence-electron chi connectivity index (χ0n) is 38.3. The minimum absolute atomic E-state index is 0.380. The van der Waals surface area contributed by atoms with Gasteiger partial charge in [-0.25, -0.2) is 0 Å². The van der Waals surface area contributed by atoms with E-state index in [1.54, 1.807) is 24.3 Å². The third-order valence-electron chi connectivity index (χ3n) is 11.9. The predicted octanol–water partition coefficient (Wildman–Crippen LogP) is 14.0. The number of nitrogen functional groups attached to an aromatic ring is 6. The molecule has 0 saturated heterocycles. The van der Waals surface area contributed by atoms with Crippen LogP contribution in [0.2, 0.25) is 0 Å². The molecule has 1 aliphatic rings. The van der Waals surface area contributed by atoms with E-state index in [1.807, 2.05) is 146 Å². The Labute approximate surface area is 408 Å². The number of benzene rings is 10. The number of rotatable bonds is 9. The Morgan fingerprint density at radius 2 is 0.443 bits per heavy atom. The molecule has 0 unspecified atom stereocenters. The second-order valence-electron chi connectivity index (χ2n) is 16.7. The Morgan fingerprint density at radius 1 is 0.229 bits per heavy atom. The maximum atomic E-state index is 6.00. The summed E-state index contributed by atoms with van der Waals surface area (Å²) in [6.07, 6.45) is 0. The van der Waals surface area contributed by atoms with Crippen molar-refractivity contribution in [1.29, 1.82) is 0 Å². The van der Waals surface area contributed by atoms with E-state index in [0.29, 0.717) is 11.4 Å². The normalized spacial score (nSPS) is 11.6. The van der Waals surface area contributed by atoms with Gasteiger partial charge in [0, 0.05) is 34.1 Å². The van der Waals surface area contributed by atoms with Crippen molar-refractivity contribution in [3.05, 3.63) is 265 Å². The summed E-state index contributed by atoms with van der Waals surface area (Å²) in [4.78, 5) is 0. The van der Waals surface area contributed by atoms with Crippen LogP contribution in [0.15, 0.2) is 243 Å². The highest BCUT2D eigenvalue weighted by molar-refractivity contribution is 5.86. The van der Waals surface area contributed by atoms with Crippen LogP contribution in [-0.2, 0) is 5.41 Å². The van der Waals surface area contributed by atoms with E-state index < -0.39 is 0 Å². The van der Waals surface area contributed by atoms with E-state index in [2.05, 4.69) is 72.8 Å². The number of ether oxygens (including phenoxy) is 3. The molecule has 0 amide bonds. The van der Waals surface area contributed by atoms with Gasteiger partial charge in [0.15, 0.2) is 0 Å². The van der Waals surface area contributed by atoms with Crippen LogP contribution in [0.4, 0.5) is 34.1 Å². The fourth-order valence-corrected chi connectivity index (χ4v) is 8.47. The third kappa shape index (κ3) is 10.3. The van der Waals surface area contributed by atoms with Crippen molar-refractivity contribution in [1.82, 2.24) is 0 Å². The predicted molar refractivity (Wildman–Crippen MR) is 288 cm³/mol. The van der Waals surface area contributed by atoms with Gasteiger partial charge in [-0.15, -0.1) is 0 Å². The van der Waals surface area contributed by atoms with Gasteiger partial charge in [0.1, 0.15) is 34.5 Å². The second kappa shape index (κ2) is 20.5. The third-order valence-corrected chi connectivity index (χ3v) is 11.9. The Bertz CT molecular complexity index is 3060. The minimum atomic E-state index is -0.380. The molecular formula is C61H52N6O3. The molecule has 0 atom stereocenters. The molecule has 0 aromatic heterocycles. The molecule has 0 saturated carbocycles. The van der Waals surface area contributed by atoms with Crippen LogP contribution < -0.4 is 48.6 Å². The molecule has 12 N–H and O–H groups in total. The van der Waals surface area contributed by atoms with Gasteiger partial charge >= 0.3 is 0 Å². The summed E-state index contributed by atoms with van der Waals surface area (Å²) >= 11 is 0. The lowest BCUT2D eigenvalue weighted by molar-refractivity contribution is 0.482. The summed E-state index contributed by atoms with van der Waals surface area (Å²) in [5.74, 6) is 4.58. The van der Waals surface area contributed by atoms with Crippen molar-refractivity contribution in [2.75, 3.05) is 34.4 Å². The van der Waals surface area contributed by atoms with Crippen LogP contribution in [0.25, 0.3) is 22.3 Å². The van der Waals surface area contributed by atoms with Crippen LogP contribution in [0, 0.1) is 0 Å². The molecule has 0 heterocycles. The molecule has 70 heavy (non-hydrogen) atoms. The molecule has 0 radical (unpaired) electrons. The first kappa shape index (κ1) is 45.6. The molecule has 9 nitrogen and oxygen atoms in total. The molecule has 1 aliphatic carbocycles.